The van der Waals surface area contributed by atoms with Gasteiger partial charge in [-0.15, -0.1) is 0 Å². The summed E-state index contributed by atoms with van der Waals surface area (Å²) in [5.74, 6) is 0. The Morgan fingerprint density at radius 3 is 2.40 bits per heavy atom. The van der Waals surface area contributed by atoms with E-state index in [-0.39, 0.29) is 6.61 Å². The minimum absolute atomic E-state index is 0.234. The number of nitrogens with zero attached hydrogens (tertiary/aromatic N) is 2. The number of aliphatic hydroxyl groups is 1. The Labute approximate surface area is 122 Å². The van der Waals surface area contributed by atoms with Crippen LogP contribution in [0.2, 0.25) is 0 Å². The van der Waals surface area contributed by atoms with Gasteiger partial charge in [0.25, 0.3) is 0 Å². The summed E-state index contributed by atoms with van der Waals surface area (Å²) in [6, 6.07) is 9.88. The van der Waals surface area contributed by atoms with Crippen molar-refractivity contribution in [1.82, 2.24) is 0 Å². The Morgan fingerprint density at radius 2 is 1.85 bits per heavy atom. The van der Waals surface area contributed by atoms with E-state index in [9.17, 15) is 5.11 Å². The van der Waals surface area contributed by atoms with Gasteiger partial charge in [-0.05, 0) is 26.3 Å². The monoisotopic (exact) mass is 279 g/mol. The first-order valence-electron chi connectivity index (χ1n) is 7.24. The zero-order chi connectivity index (χ0) is 15.0. The lowest BCUT2D eigenvalue weighted by atomic mass is 10.1. The maximum Gasteiger partial charge on any atom is 0.148 e. The standard InChI is InChI=1S/C16H27N2O2/c1-5-18(4,6-2)12-16(19)13-20-17-14(3)15-10-8-7-9-11-15/h7-11,16,19H,5-6,12-13H2,1-4H3/q+1/b17-14+. The van der Waals surface area contributed by atoms with E-state index < -0.39 is 6.10 Å². The molecule has 0 spiro atoms. The molecule has 112 valence electrons. The van der Waals surface area contributed by atoms with Gasteiger partial charge < -0.3 is 14.4 Å². The van der Waals surface area contributed by atoms with E-state index in [4.69, 9.17) is 4.84 Å². The van der Waals surface area contributed by atoms with Gasteiger partial charge >= 0.3 is 0 Å². The fourth-order valence-corrected chi connectivity index (χ4v) is 2.00. The predicted octanol–water partition coefficient (Wildman–Crippen LogP) is 2.27. The van der Waals surface area contributed by atoms with E-state index >= 15 is 0 Å². The van der Waals surface area contributed by atoms with E-state index in [1.165, 1.54) is 0 Å². The molecule has 0 aliphatic carbocycles. The molecule has 0 bridgehead atoms. The van der Waals surface area contributed by atoms with Gasteiger partial charge in [0.05, 0.1) is 25.8 Å². The Morgan fingerprint density at radius 1 is 1.25 bits per heavy atom. The van der Waals surface area contributed by atoms with Gasteiger partial charge in [-0.1, -0.05) is 35.5 Å². The number of quaternary nitrogens is 1. The van der Waals surface area contributed by atoms with E-state index in [2.05, 4.69) is 26.1 Å². The topological polar surface area (TPSA) is 41.8 Å². The van der Waals surface area contributed by atoms with Crippen LogP contribution in [0.3, 0.4) is 0 Å². The number of benzene rings is 1. The maximum atomic E-state index is 10.0. The molecule has 1 aromatic carbocycles. The van der Waals surface area contributed by atoms with Crippen LogP contribution < -0.4 is 0 Å². The molecule has 1 unspecified atom stereocenters. The summed E-state index contributed by atoms with van der Waals surface area (Å²) in [5.41, 5.74) is 1.85. The lowest BCUT2D eigenvalue weighted by Crippen LogP contribution is -2.49. The molecule has 0 amide bonds. The summed E-state index contributed by atoms with van der Waals surface area (Å²) in [5, 5.41) is 14.1. The van der Waals surface area contributed by atoms with Crippen molar-refractivity contribution < 1.29 is 14.4 Å². The number of aliphatic hydroxyl groups excluding tert-OH is 1. The Balaban J connectivity index is 2.44. The van der Waals surface area contributed by atoms with Crippen LogP contribution in [0.4, 0.5) is 0 Å². The molecule has 0 fully saturated rings. The summed E-state index contributed by atoms with van der Waals surface area (Å²) in [7, 11) is 2.14. The normalized spacial score (nSPS) is 14.2. The fraction of sp³-hybridized carbons (Fsp3) is 0.562. The van der Waals surface area contributed by atoms with Crippen LogP contribution in [0.5, 0.6) is 0 Å². The minimum atomic E-state index is -0.493. The van der Waals surface area contributed by atoms with Gasteiger partial charge in [0.1, 0.15) is 19.3 Å². The summed E-state index contributed by atoms with van der Waals surface area (Å²) >= 11 is 0. The molecule has 0 saturated carbocycles. The van der Waals surface area contributed by atoms with E-state index in [1.807, 2.05) is 37.3 Å². The zero-order valence-corrected chi connectivity index (χ0v) is 13.0. The molecule has 0 aliphatic heterocycles. The van der Waals surface area contributed by atoms with Crippen LogP contribution >= 0.6 is 0 Å². The SMILES string of the molecule is CC[N+](C)(CC)CC(O)CO/N=C(\C)c1ccccc1. The number of hydrogen-bond donors (Lipinski definition) is 1. The summed E-state index contributed by atoms with van der Waals surface area (Å²) in [4.78, 5) is 5.27. The number of hydrogen-bond acceptors (Lipinski definition) is 3. The smallest absolute Gasteiger partial charge is 0.148 e. The van der Waals surface area contributed by atoms with Crippen molar-refractivity contribution in [3.63, 3.8) is 0 Å². The van der Waals surface area contributed by atoms with Crippen molar-refractivity contribution in [3.8, 4) is 0 Å². The van der Waals surface area contributed by atoms with Gasteiger partial charge in [0.2, 0.25) is 0 Å². The van der Waals surface area contributed by atoms with Gasteiger partial charge in [0.15, 0.2) is 0 Å². The van der Waals surface area contributed by atoms with Crippen LogP contribution in [0.25, 0.3) is 0 Å². The highest BCUT2D eigenvalue weighted by Crippen LogP contribution is 2.05. The van der Waals surface area contributed by atoms with Crippen LogP contribution in [0, 0.1) is 0 Å². The van der Waals surface area contributed by atoms with Gasteiger partial charge in [0, 0.05) is 0 Å². The first-order valence-corrected chi connectivity index (χ1v) is 7.24. The number of likely N-dealkylation sites (N-methyl/N-ethyl adjacent to an activating group) is 1. The molecule has 1 atom stereocenters. The first-order chi connectivity index (χ1) is 9.50. The Kier molecular flexibility index (Phi) is 6.68. The maximum absolute atomic E-state index is 10.0. The van der Waals surface area contributed by atoms with Crippen LogP contribution in [-0.4, -0.2) is 54.7 Å². The van der Waals surface area contributed by atoms with E-state index in [0.29, 0.717) is 6.54 Å². The van der Waals surface area contributed by atoms with Crippen molar-refractivity contribution in [2.75, 3.05) is 33.3 Å². The molecule has 20 heavy (non-hydrogen) atoms. The second-order valence-electron chi connectivity index (χ2n) is 5.43. The second kappa shape index (κ2) is 8.02. The number of rotatable bonds is 8. The Bertz CT molecular complexity index is 414. The summed E-state index contributed by atoms with van der Waals surface area (Å²) in [6.45, 7) is 9.09. The molecule has 0 heterocycles. The lowest BCUT2D eigenvalue weighted by Gasteiger charge is -2.33. The van der Waals surface area contributed by atoms with E-state index in [0.717, 1.165) is 28.8 Å². The van der Waals surface area contributed by atoms with Gasteiger partial charge in [-0.3, -0.25) is 0 Å². The predicted molar refractivity (Wildman–Crippen MR) is 82.7 cm³/mol. The van der Waals surface area contributed by atoms with Crippen molar-refractivity contribution in [2.45, 2.75) is 26.9 Å². The third-order valence-electron chi connectivity index (χ3n) is 3.84. The molecule has 0 aliphatic rings. The molecule has 0 radical (unpaired) electrons. The van der Waals surface area contributed by atoms with Crippen LogP contribution in [-0.2, 0) is 4.84 Å². The highest BCUT2D eigenvalue weighted by atomic mass is 16.6. The average molecular weight is 279 g/mol. The Hall–Kier alpha value is -1.39. The molecule has 1 rings (SSSR count). The van der Waals surface area contributed by atoms with Gasteiger partial charge in [-0.25, -0.2) is 0 Å². The summed E-state index contributed by atoms with van der Waals surface area (Å²) < 4.78 is 0.839. The molecular formula is C16H27N2O2+. The third-order valence-corrected chi connectivity index (χ3v) is 3.84. The fourth-order valence-electron chi connectivity index (χ4n) is 2.00. The quantitative estimate of drug-likeness (QED) is 0.450. The van der Waals surface area contributed by atoms with Crippen molar-refractivity contribution in [1.29, 1.82) is 0 Å². The summed E-state index contributed by atoms with van der Waals surface area (Å²) in [6.07, 6.45) is -0.493. The average Bonchev–Trinajstić information content (AvgIpc) is 2.47. The van der Waals surface area contributed by atoms with Crippen molar-refractivity contribution in [2.24, 2.45) is 5.16 Å². The van der Waals surface area contributed by atoms with Crippen LogP contribution in [0.1, 0.15) is 26.3 Å². The molecular weight excluding hydrogens is 252 g/mol. The minimum Gasteiger partial charge on any atom is -0.393 e. The van der Waals surface area contributed by atoms with Crippen molar-refractivity contribution >= 4 is 5.71 Å². The number of oxime groups is 1. The molecule has 1 N–H and O–H groups in total. The highest BCUT2D eigenvalue weighted by Gasteiger charge is 2.21. The van der Waals surface area contributed by atoms with Gasteiger partial charge in [-0.2, -0.15) is 0 Å². The molecule has 0 saturated heterocycles. The zero-order valence-electron chi connectivity index (χ0n) is 13.0. The second-order valence-corrected chi connectivity index (χ2v) is 5.43. The molecule has 0 aromatic heterocycles. The van der Waals surface area contributed by atoms with E-state index in [1.54, 1.807) is 0 Å². The van der Waals surface area contributed by atoms with Crippen molar-refractivity contribution in [3.05, 3.63) is 35.9 Å². The largest absolute Gasteiger partial charge is 0.393 e. The molecule has 4 nitrogen and oxygen atoms in total. The van der Waals surface area contributed by atoms with Crippen LogP contribution in [0.15, 0.2) is 35.5 Å². The lowest BCUT2D eigenvalue weighted by molar-refractivity contribution is -0.909. The molecule has 1 aromatic rings. The first kappa shape index (κ1) is 16.7. The third kappa shape index (κ3) is 5.31. The highest BCUT2D eigenvalue weighted by molar-refractivity contribution is 5.98. The molecule has 4 heteroatoms.